The van der Waals surface area contributed by atoms with E-state index in [1.54, 1.807) is 16.3 Å². The van der Waals surface area contributed by atoms with Gasteiger partial charge in [-0.2, -0.15) is 5.10 Å². The van der Waals surface area contributed by atoms with Crippen LogP contribution < -0.4 is 5.32 Å². The van der Waals surface area contributed by atoms with E-state index in [4.69, 9.17) is 4.74 Å². The highest BCUT2D eigenvalue weighted by Gasteiger charge is 2.34. The third-order valence-corrected chi connectivity index (χ3v) is 5.80. The molecule has 1 aliphatic heterocycles. The number of ether oxygens (including phenoxy) is 1. The number of aryl methyl sites for hydroxylation is 1. The summed E-state index contributed by atoms with van der Waals surface area (Å²) in [5, 5.41) is 9.55. The van der Waals surface area contributed by atoms with Crippen molar-refractivity contribution in [2.24, 2.45) is 13.0 Å². The van der Waals surface area contributed by atoms with Crippen LogP contribution in [0.4, 0.5) is 4.79 Å². The van der Waals surface area contributed by atoms with Crippen LogP contribution in [-0.4, -0.2) is 56.4 Å². The van der Waals surface area contributed by atoms with Crippen LogP contribution in [0.1, 0.15) is 51.0 Å². The molecule has 0 unspecified atom stereocenters. The van der Waals surface area contributed by atoms with Gasteiger partial charge in [0, 0.05) is 37.3 Å². The predicted octanol–water partition coefficient (Wildman–Crippen LogP) is 3.31. The van der Waals surface area contributed by atoms with E-state index in [0.29, 0.717) is 18.8 Å². The molecule has 1 N–H and O–H groups in total. The summed E-state index contributed by atoms with van der Waals surface area (Å²) in [7, 11) is 1.85. The van der Waals surface area contributed by atoms with Crippen molar-refractivity contribution in [3.63, 3.8) is 0 Å². The first kappa shape index (κ1) is 21.3. The summed E-state index contributed by atoms with van der Waals surface area (Å²) in [6.07, 6.45) is 5.11. The summed E-state index contributed by atoms with van der Waals surface area (Å²) in [6.45, 7) is 8.61. The van der Waals surface area contributed by atoms with Crippen molar-refractivity contribution >= 4 is 23.3 Å². The molecular weight excluding hydrogens is 390 g/mol. The van der Waals surface area contributed by atoms with E-state index in [1.165, 1.54) is 11.3 Å². The zero-order valence-electron chi connectivity index (χ0n) is 17.6. The first-order valence-electron chi connectivity index (χ1n) is 9.86. The van der Waals surface area contributed by atoms with Gasteiger partial charge < -0.3 is 15.0 Å². The van der Waals surface area contributed by atoms with Gasteiger partial charge in [-0.3, -0.25) is 9.48 Å². The van der Waals surface area contributed by atoms with Gasteiger partial charge in [-0.15, -0.1) is 11.3 Å². The lowest BCUT2D eigenvalue weighted by atomic mass is 9.90. The Morgan fingerprint density at radius 3 is 2.79 bits per heavy atom. The predicted molar refractivity (Wildman–Crippen MR) is 112 cm³/mol. The van der Waals surface area contributed by atoms with Crippen LogP contribution in [0.5, 0.6) is 0 Å². The summed E-state index contributed by atoms with van der Waals surface area (Å²) >= 11 is 1.43. The van der Waals surface area contributed by atoms with Gasteiger partial charge in [0.05, 0.1) is 12.2 Å². The molecule has 0 spiro atoms. The van der Waals surface area contributed by atoms with Crippen LogP contribution in [0, 0.1) is 5.92 Å². The molecule has 2 aromatic heterocycles. The highest BCUT2D eigenvalue weighted by Crippen LogP contribution is 2.27. The SMILES string of the molecule is C[C@H]1CCCN(C(=O)c2csc(-c3cnn(C)c3)n2)[C@@H]1CNC(=O)OC(C)(C)C. The maximum absolute atomic E-state index is 13.2. The van der Waals surface area contributed by atoms with E-state index in [0.717, 1.165) is 23.4 Å². The average molecular weight is 420 g/mol. The third kappa shape index (κ3) is 5.35. The van der Waals surface area contributed by atoms with Crippen LogP contribution in [0.2, 0.25) is 0 Å². The number of carbonyl (C=O) groups excluding carboxylic acids is 2. The minimum Gasteiger partial charge on any atom is -0.444 e. The maximum Gasteiger partial charge on any atom is 0.407 e. The van der Waals surface area contributed by atoms with Crippen LogP contribution in [0.15, 0.2) is 17.8 Å². The van der Waals surface area contributed by atoms with Crippen LogP contribution >= 0.6 is 11.3 Å². The number of aromatic nitrogens is 3. The normalized spacial score (nSPS) is 19.8. The number of alkyl carbamates (subject to hydrolysis) is 1. The number of piperidine rings is 1. The van der Waals surface area contributed by atoms with Crippen molar-refractivity contribution < 1.29 is 14.3 Å². The Labute approximate surface area is 175 Å². The molecule has 0 aromatic carbocycles. The molecule has 1 fully saturated rings. The number of carbonyl (C=O) groups is 2. The Hall–Kier alpha value is -2.42. The first-order chi connectivity index (χ1) is 13.6. The van der Waals surface area contributed by atoms with E-state index >= 15 is 0 Å². The number of nitrogens with one attached hydrogen (secondary N) is 1. The van der Waals surface area contributed by atoms with Gasteiger partial charge in [-0.25, -0.2) is 9.78 Å². The highest BCUT2D eigenvalue weighted by molar-refractivity contribution is 7.13. The van der Waals surface area contributed by atoms with Crippen LogP contribution in [-0.2, 0) is 11.8 Å². The smallest absolute Gasteiger partial charge is 0.407 e. The van der Waals surface area contributed by atoms with Gasteiger partial charge in [-0.05, 0) is 39.5 Å². The molecule has 0 saturated carbocycles. The van der Waals surface area contributed by atoms with Crippen molar-refractivity contribution in [3.05, 3.63) is 23.5 Å². The summed E-state index contributed by atoms with van der Waals surface area (Å²) in [5.41, 5.74) is 0.776. The molecule has 2 aromatic rings. The van der Waals surface area contributed by atoms with Crippen molar-refractivity contribution in [2.75, 3.05) is 13.1 Å². The topological polar surface area (TPSA) is 89.4 Å². The van der Waals surface area contributed by atoms with Crippen LogP contribution in [0.25, 0.3) is 10.6 Å². The number of nitrogens with zero attached hydrogens (tertiary/aromatic N) is 4. The Morgan fingerprint density at radius 1 is 1.38 bits per heavy atom. The van der Waals surface area contributed by atoms with Crippen molar-refractivity contribution in [3.8, 4) is 10.6 Å². The molecule has 2 amide bonds. The Bertz CT molecular complexity index is 870. The fourth-order valence-corrected chi connectivity index (χ4v) is 4.27. The van der Waals surface area contributed by atoms with Gasteiger partial charge >= 0.3 is 6.09 Å². The molecule has 2 atom stereocenters. The molecule has 8 nitrogen and oxygen atoms in total. The summed E-state index contributed by atoms with van der Waals surface area (Å²) in [6, 6.07) is -0.0905. The minimum absolute atomic E-state index is 0.0905. The number of hydrogen-bond acceptors (Lipinski definition) is 6. The van der Waals surface area contributed by atoms with Crippen molar-refractivity contribution in [1.82, 2.24) is 25.0 Å². The number of amides is 2. The molecule has 0 radical (unpaired) electrons. The fourth-order valence-electron chi connectivity index (χ4n) is 3.50. The quantitative estimate of drug-likeness (QED) is 0.821. The number of likely N-dealkylation sites (tertiary alicyclic amines) is 1. The number of hydrogen-bond donors (Lipinski definition) is 1. The van der Waals surface area contributed by atoms with Gasteiger partial charge in [0.2, 0.25) is 0 Å². The van der Waals surface area contributed by atoms with E-state index in [1.807, 2.05) is 38.9 Å². The van der Waals surface area contributed by atoms with Gasteiger partial charge in [-0.1, -0.05) is 6.92 Å². The first-order valence-corrected chi connectivity index (χ1v) is 10.7. The summed E-state index contributed by atoms with van der Waals surface area (Å²) in [4.78, 5) is 31.6. The monoisotopic (exact) mass is 419 g/mol. The Balaban J connectivity index is 1.70. The van der Waals surface area contributed by atoms with E-state index in [-0.39, 0.29) is 17.9 Å². The highest BCUT2D eigenvalue weighted by atomic mass is 32.1. The summed E-state index contributed by atoms with van der Waals surface area (Å²) < 4.78 is 7.04. The Kier molecular flexibility index (Phi) is 6.26. The second-order valence-corrected chi connectivity index (χ2v) is 9.37. The van der Waals surface area contributed by atoms with E-state index in [2.05, 4.69) is 22.3 Å². The molecule has 1 aliphatic rings. The number of rotatable bonds is 4. The third-order valence-electron chi connectivity index (χ3n) is 4.91. The Morgan fingerprint density at radius 2 is 2.14 bits per heavy atom. The zero-order chi connectivity index (χ0) is 21.2. The molecular formula is C20H29N5O3S. The molecule has 0 aliphatic carbocycles. The fraction of sp³-hybridized carbons (Fsp3) is 0.600. The zero-order valence-corrected chi connectivity index (χ0v) is 18.5. The number of thiazole rings is 1. The van der Waals surface area contributed by atoms with Gasteiger partial charge in [0.25, 0.3) is 5.91 Å². The lowest BCUT2D eigenvalue weighted by Crippen LogP contribution is -2.53. The van der Waals surface area contributed by atoms with E-state index in [9.17, 15) is 9.59 Å². The minimum atomic E-state index is -0.554. The van der Waals surface area contributed by atoms with Crippen LogP contribution in [0.3, 0.4) is 0 Å². The average Bonchev–Trinajstić information content (AvgIpc) is 3.27. The second kappa shape index (κ2) is 8.52. The van der Waals surface area contributed by atoms with E-state index < -0.39 is 11.7 Å². The van der Waals surface area contributed by atoms with Crippen molar-refractivity contribution in [2.45, 2.75) is 52.2 Å². The molecule has 158 valence electrons. The molecule has 3 heterocycles. The lowest BCUT2D eigenvalue weighted by molar-refractivity contribution is 0.0405. The maximum atomic E-state index is 13.2. The molecule has 9 heteroatoms. The second-order valence-electron chi connectivity index (χ2n) is 8.51. The summed E-state index contributed by atoms with van der Waals surface area (Å²) in [5.74, 6) is 0.179. The lowest BCUT2D eigenvalue weighted by Gasteiger charge is -2.39. The molecule has 3 rings (SSSR count). The van der Waals surface area contributed by atoms with Gasteiger partial charge in [0.15, 0.2) is 0 Å². The van der Waals surface area contributed by atoms with Gasteiger partial charge in [0.1, 0.15) is 16.3 Å². The largest absolute Gasteiger partial charge is 0.444 e. The van der Waals surface area contributed by atoms with Crippen molar-refractivity contribution in [1.29, 1.82) is 0 Å². The molecule has 1 saturated heterocycles. The molecule has 29 heavy (non-hydrogen) atoms. The standard InChI is InChI=1S/C20H29N5O3S/c1-13-7-6-8-25(16(13)10-21-19(27)28-20(2,3)4)18(26)15-12-29-17(23-15)14-9-22-24(5)11-14/h9,11-13,16H,6-8,10H2,1-5H3,(H,21,27)/t13-,16+/m0/s1. The molecule has 0 bridgehead atoms.